The van der Waals surface area contributed by atoms with E-state index in [0.29, 0.717) is 5.56 Å². The van der Waals surface area contributed by atoms with E-state index >= 15 is 0 Å². The van der Waals surface area contributed by atoms with Gasteiger partial charge in [-0.25, -0.2) is 5.43 Å². The number of nitrogens with one attached hydrogen (secondary N) is 1. The fraction of sp³-hybridized carbons (Fsp3) is 0.200. The summed E-state index contributed by atoms with van der Waals surface area (Å²) < 4.78 is 0. The molecule has 1 N–H and O–H groups in total. The van der Waals surface area contributed by atoms with E-state index in [0.717, 1.165) is 24.3 Å². The second-order valence-electron chi connectivity index (χ2n) is 7.72. The lowest BCUT2D eigenvalue weighted by molar-refractivity contribution is 0.0955. The number of carbonyl (C=O) groups excluding carboxylic acids is 1. The molecule has 1 amide bonds. The maximum Gasteiger partial charge on any atom is 0.271 e. The molecule has 0 unspecified atom stereocenters. The van der Waals surface area contributed by atoms with Crippen LogP contribution in [0.5, 0.6) is 0 Å². The van der Waals surface area contributed by atoms with Gasteiger partial charge in [0.25, 0.3) is 5.91 Å². The molecule has 4 rings (SSSR count). The van der Waals surface area contributed by atoms with Gasteiger partial charge in [0.2, 0.25) is 0 Å². The SMILES string of the molecule is Cc1ccc(/C=N\NC(=O)c2ccc(N3Cc4cc(C)c(C)cc4C3)cc2)cc1. The van der Waals surface area contributed by atoms with Crippen molar-refractivity contribution in [3.05, 3.63) is 99.6 Å². The number of hydrogen-bond acceptors (Lipinski definition) is 3. The highest BCUT2D eigenvalue weighted by Gasteiger charge is 2.20. The van der Waals surface area contributed by atoms with Gasteiger partial charge in [-0.3, -0.25) is 4.79 Å². The zero-order valence-electron chi connectivity index (χ0n) is 17.1. The van der Waals surface area contributed by atoms with Crippen LogP contribution in [-0.4, -0.2) is 12.1 Å². The van der Waals surface area contributed by atoms with E-state index in [-0.39, 0.29) is 5.91 Å². The number of aryl methyl sites for hydroxylation is 3. The zero-order valence-corrected chi connectivity index (χ0v) is 17.1. The Morgan fingerprint density at radius 1 is 0.897 bits per heavy atom. The molecule has 0 fully saturated rings. The maximum atomic E-state index is 12.3. The van der Waals surface area contributed by atoms with Crippen molar-refractivity contribution in [1.29, 1.82) is 0 Å². The largest absolute Gasteiger partial charge is 0.363 e. The normalized spacial score (nSPS) is 13.0. The van der Waals surface area contributed by atoms with Crippen LogP contribution in [0.3, 0.4) is 0 Å². The maximum absolute atomic E-state index is 12.3. The van der Waals surface area contributed by atoms with E-state index in [1.165, 1.54) is 27.8 Å². The number of nitrogens with zero attached hydrogens (tertiary/aromatic N) is 2. The van der Waals surface area contributed by atoms with E-state index in [4.69, 9.17) is 0 Å². The fourth-order valence-electron chi connectivity index (χ4n) is 3.59. The number of fused-ring (bicyclic) bond motifs is 1. The lowest BCUT2D eigenvalue weighted by atomic mass is 10.0. The Labute approximate surface area is 171 Å². The molecule has 0 saturated heterocycles. The van der Waals surface area contributed by atoms with Crippen molar-refractivity contribution in [3.63, 3.8) is 0 Å². The standard InChI is InChI=1S/C25H25N3O/c1-17-4-6-20(7-5-17)14-26-27-25(29)21-8-10-24(11-9-21)28-15-22-12-18(2)19(3)13-23(22)16-28/h4-14H,15-16H2,1-3H3,(H,27,29)/b26-14-. The average Bonchev–Trinajstić information content (AvgIpc) is 3.12. The number of benzene rings is 3. The minimum absolute atomic E-state index is 0.212. The molecule has 0 spiro atoms. The van der Waals surface area contributed by atoms with Gasteiger partial charge < -0.3 is 4.90 Å². The first-order valence-corrected chi connectivity index (χ1v) is 9.84. The molecule has 0 saturated carbocycles. The van der Waals surface area contributed by atoms with E-state index in [9.17, 15) is 4.79 Å². The summed E-state index contributed by atoms with van der Waals surface area (Å²) in [6.45, 7) is 8.17. The highest BCUT2D eigenvalue weighted by Crippen LogP contribution is 2.30. The number of amides is 1. The molecular weight excluding hydrogens is 358 g/mol. The van der Waals surface area contributed by atoms with Crippen LogP contribution in [0.1, 0.15) is 43.7 Å². The highest BCUT2D eigenvalue weighted by atomic mass is 16.2. The second kappa shape index (κ2) is 7.92. The Kier molecular flexibility index (Phi) is 5.17. The van der Waals surface area contributed by atoms with Gasteiger partial charge in [0.1, 0.15) is 0 Å². The third kappa shape index (κ3) is 4.21. The molecular formula is C25H25N3O. The number of hydrazone groups is 1. The van der Waals surface area contributed by atoms with Crippen LogP contribution in [0.2, 0.25) is 0 Å². The van der Waals surface area contributed by atoms with Crippen LogP contribution in [0.4, 0.5) is 5.69 Å². The van der Waals surface area contributed by atoms with Crippen molar-refractivity contribution in [1.82, 2.24) is 5.43 Å². The van der Waals surface area contributed by atoms with Crippen LogP contribution in [0.25, 0.3) is 0 Å². The number of anilines is 1. The summed E-state index contributed by atoms with van der Waals surface area (Å²) in [5.41, 5.74) is 11.9. The molecule has 0 aromatic heterocycles. The molecule has 3 aromatic rings. The van der Waals surface area contributed by atoms with Gasteiger partial charge in [-0.2, -0.15) is 5.10 Å². The molecule has 1 aliphatic heterocycles. The molecule has 1 heterocycles. The molecule has 0 atom stereocenters. The van der Waals surface area contributed by atoms with Gasteiger partial charge in [0.15, 0.2) is 0 Å². The van der Waals surface area contributed by atoms with E-state index in [1.54, 1.807) is 6.21 Å². The first-order valence-electron chi connectivity index (χ1n) is 9.84. The van der Waals surface area contributed by atoms with Crippen molar-refractivity contribution in [2.24, 2.45) is 5.10 Å². The van der Waals surface area contributed by atoms with E-state index < -0.39 is 0 Å². The fourth-order valence-corrected chi connectivity index (χ4v) is 3.59. The summed E-state index contributed by atoms with van der Waals surface area (Å²) >= 11 is 0. The monoisotopic (exact) mass is 383 g/mol. The molecule has 1 aliphatic rings. The summed E-state index contributed by atoms with van der Waals surface area (Å²) in [7, 11) is 0. The van der Waals surface area contributed by atoms with Crippen LogP contribution in [0, 0.1) is 20.8 Å². The van der Waals surface area contributed by atoms with Crippen molar-refractivity contribution in [2.75, 3.05) is 4.90 Å². The molecule has 29 heavy (non-hydrogen) atoms. The second-order valence-corrected chi connectivity index (χ2v) is 7.72. The third-order valence-electron chi connectivity index (χ3n) is 5.49. The highest BCUT2D eigenvalue weighted by molar-refractivity contribution is 5.95. The topological polar surface area (TPSA) is 44.7 Å². The summed E-state index contributed by atoms with van der Waals surface area (Å²) in [6.07, 6.45) is 1.65. The Morgan fingerprint density at radius 2 is 1.48 bits per heavy atom. The van der Waals surface area contributed by atoms with Gasteiger partial charge >= 0.3 is 0 Å². The minimum Gasteiger partial charge on any atom is -0.363 e. The van der Waals surface area contributed by atoms with Crippen LogP contribution in [0.15, 0.2) is 65.8 Å². The summed E-state index contributed by atoms with van der Waals surface area (Å²) in [5.74, 6) is -0.212. The van der Waals surface area contributed by atoms with Gasteiger partial charge in [-0.05, 0) is 72.9 Å². The van der Waals surface area contributed by atoms with E-state index in [1.807, 2.05) is 55.5 Å². The number of rotatable bonds is 4. The van der Waals surface area contributed by atoms with Crippen LogP contribution in [-0.2, 0) is 13.1 Å². The van der Waals surface area contributed by atoms with Gasteiger partial charge in [0.05, 0.1) is 6.21 Å². The number of carbonyl (C=O) groups is 1. The van der Waals surface area contributed by atoms with Crippen molar-refractivity contribution >= 4 is 17.8 Å². The molecule has 4 heteroatoms. The van der Waals surface area contributed by atoms with Crippen molar-refractivity contribution in [3.8, 4) is 0 Å². The Hall–Kier alpha value is -3.40. The number of hydrogen-bond donors (Lipinski definition) is 1. The quantitative estimate of drug-likeness (QED) is 0.515. The Bertz CT molecular complexity index is 1040. The van der Waals surface area contributed by atoms with Crippen molar-refractivity contribution in [2.45, 2.75) is 33.9 Å². The van der Waals surface area contributed by atoms with Crippen molar-refractivity contribution < 1.29 is 4.79 Å². The average molecular weight is 383 g/mol. The lowest BCUT2D eigenvalue weighted by Gasteiger charge is -2.17. The lowest BCUT2D eigenvalue weighted by Crippen LogP contribution is -2.18. The molecule has 3 aromatic carbocycles. The first kappa shape index (κ1) is 18.9. The van der Waals surface area contributed by atoms with Crippen LogP contribution >= 0.6 is 0 Å². The van der Waals surface area contributed by atoms with Crippen LogP contribution < -0.4 is 10.3 Å². The molecule has 0 bridgehead atoms. The minimum atomic E-state index is -0.212. The van der Waals surface area contributed by atoms with Gasteiger partial charge in [-0.1, -0.05) is 42.0 Å². The molecule has 0 radical (unpaired) electrons. The first-order chi connectivity index (χ1) is 14.0. The summed E-state index contributed by atoms with van der Waals surface area (Å²) in [6, 6.07) is 20.3. The van der Waals surface area contributed by atoms with E-state index in [2.05, 4.69) is 41.4 Å². The Balaban J connectivity index is 1.39. The molecule has 0 aliphatic carbocycles. The zero-order chi connectivity index (χ0) is 20.4. The Morgan fingerprint density at radius 3 is 2.07 bits per heavy atom. The van der Waals surface area contributed by atoms with Gasteiger partial charge in [0, 0.05) is 24.3 Å². The third-order valence-corrected chi connectivity index (χ3v) is 5.49. The molecule has 146 valence electrons. The smallest absolute Gasteiger partial charge is 0.271 e. The summed E-state index contributed by atoms with van der Waals surface area (Å²) in [5, 5.41) is 4.06. The summed E-state index contributed by atoms with van der Waals surface area (Å²) in [4.78, 5) is 14.7. The predicted molar refractivity (Wildman–Crippen MR) is 118 cm³/mol. The molecule has 4 nitrogen and oxygen atoms in total. The predicted octanol–water partition coefficient (Wildman–Crippen LogP) is 4.90. The van der Waals surface area contributed by atoms with Gasteiger partial charge in [-0.15, -0.1) is 0 Å².